The standard InChI is InChI=1S/C19H22N4O2/c1-23-12-15(11-22-23)17-9-14(10-18(20)19(17)24-2)6-8-25-13-16-5-3-4-7-21-16/h3-5,7,9-12H,6,8,13,20H2,1-2H3. The first-order valence-corrected chi connectivity index (χ1v) is 8.10. The molecule has 0 spiro atoms. The van der Waals surface area contributed by atoms with Crippen LogP contribution in [-0.2, 0) is 24.8 Å². The summed E-state index contributed by atoms with van der Waals surface area (Å²) in [4.78, 5) is 4.25. The molecule has 0 amide bonds. The smallest absolute Gasteiger partial charge is 0.149 e. The number of aryl methyl sites for hydroxylation is 1. The Balaban J connectivity index is 1.70. The van der Waals surface area contributed by atoms with Gasteiger partial charge in [0.05, 0.1) is 37.9 Å². The van der Waals surface area contributed by atoms with Gasteiger partial charge in [0.15, 0.2) is 0 Å². The fourth-order valence-corrected chi connectivity index (χ4v) is 2.71. The van der Waals surface area contributed by atoms with Crippen LogP contribution < -0.4 is 10.5 Å². The zero-order valence-electron chi connectivity index (χ0n) is 14.5. The van der Waals surface area contributed by atoms with Crippen LogP contribution in [0.25, 0.3) is 11.1 Å². The van der Waals surface area contributed by atoms with E-state index in [4.69, 9.17) is 15.2 Å². The summed E-state index contributed by atoms with van der Waals surface area (Å²) >= 11 is 0. The number of rotatable bonds is 7. The van der Waals surface area contributed by atoms with Crippen molar-refractivity contribution in [3.63, 3.8) is 0 Å². The van der Waals surface area contributed by atoms with Gasteiger partial charge in [-0.2, -0.15) is 5.10 Å². The first-order chi connectivity index (χ1) is 12.2. The molecule has 0 aliphatic carbocycles. The van der Waals surface area contributed by atoms with Gasteiger partial charge < -0.3 is 15.2 Å². The second-order valence-electron chi connectivity index (χ2n) is 5.79. The lowest BCUT2D eigenvalue weighted by Crippen LogP contribution is -2.02. The predicted molar refractivity (Wildman–Crippen MR) is 97.2 cm³/mol. The first-order valence-electron chi connectivity index (χ1n) is 8.10. The predicted octanol–water partition coefficient (Wildman–Crippen LogP) is 2.83. The lowest BCUT2D eigenvalue weighted by Gasteiger charge is -2.13. The summed E-state index contributed by atoms with van der Waals surface area (Å²) in [6, 6.07) is 9.81. The van der Waals surface area contributed by atoms with Gasteiger partial charge in [0.1, 0.15) is 5.75 Å². The molecule has 0 aliphatic rings. The highest BCUT2D eigenvalue weighted by molar-refractivity contribution is 5.77. The second kappa shape index (κ2) is 7.81. The number of hydrogen-bond acceptors (Lipinski definition) is 5. The van der Waals surface area contributed by atoms with Crippen LogP contribution in [0.2, 0.25) is 0 Å². The molecule has 2 N–H and O–H groups in total. The van der Waals surface area contributed by atoms with Crippen LogP contribution in [0, 0.1) is 0 Å². The Morgan fingerprint density at radius 1 is 1.24 bits per heavy atom. The van der Waals surface area contributed by atoms with Crippen LogP contribution in [0.1, 0.15) is 11.3 Å². The molecule has 1 aromatic carbocycles. The third-order valence-corrected chi connectivity index (χ3v) is 3.91. The van der Waals surface area contributed by atoms with Crippen molar-refractivity contribution in [2.45, 2.75) is 13.0 Å². The van der Waals surface area contributed by atoms with E-state index in [-0.39, 0.29) is 0 Å². The van der Waals surface area contributed by atoms with Gasteiger partial charge in [-0.25, -0.2) is 0 Å². The van der Waals surface area contributed by atoms with Crippen molar-refractivity contribution in [3.05, 3.63) is 60.2 Å². The van der Waals surface area contributed by atoms with Crippen molar-refractivity contribution < 1.29 is 9.47 Å². The topological polar surface area (TPSA) is 75.2 Å². The van der Waals surface area contributed by atoms with Crippen LogP contribution >= 0.6 is 0 Å². The van der Waals surface area contributed by atoms with Gasteiger partial charge >= 0.3 is 0 Å². The molecule has 2 heterocycles. The molecule has 6 nitrogen and oxygen atoms in total. The Morgan fingerprint density at radius 2 is 2.12 bits per heavy atom. The highest BCUT2D eigenvalue weighted by Crippen LogP contribution is 2.36. The number of nitrogens with zero attached hydrogens (tertiary/aromatic N) is 3. The van der Waals surface area contributed by atoms with Gasteiger partial charge in [-0.15, -0.1) is 0 Å². The molecule has 3 rings (SSSR count). The van der Waals surface area contributed by atoms with E-state index < -0.39 is 0 Å². The monoisotopic (exact) mass is 338 g/mol. The summed E-state index contributed by atoms with van der Waals surface area (Å²) in [5, 5.41) is 4.23. The second-order valence-corrected chi connectivity index (χ2v) is 5.79. The average Bonchev–Trinajstić information content (AvgIpc) is 3.05. The Morgan fingerprint density at radius 3 is 2.80 bits per heavy atom. The Hall–Kier alpha value is -2.86. The minimum absolute atomic E-state index is 0.502. The molecular weight excluding hydrogens is 316 g/mol. The molecular formula is C19H22N4O2. The molecule has 0 unspecified atom stereocenters. The molecule has 2 aromatic heterocycles. The minimum Gasteiger partial charge on any atom is -0.494 e. The third-order valence-electron chi connectivity index (χ3n) is 3.91. The summed E-state index contributed by atoms with van der Waals surface area (Å²) in [6.07, 6.45) is 6.27. The summed E-state index contributed by atoms with van der Waals surface area (Å²) in [6.45, 7) is 1.09. The quantitative estimate of drug-likeness (QED) is 0.529. The van der Waals surface area contributed by atoms with E-state index in [1.54, 1.807) is 24.2 Å². The highest BCUT2D eigenvalue weighted by atomic mass is 16.5. The van der Waals surface area contributed by atoms with Crippen molar-refractivity contribution in [3.8, 4) is 16.9 Å². The maximum Gasteiger partial charge on any atom is 0.149 e. The maximum absolute atomic E-state index is 6.17. The first kappa shape index (κ1) is 17.0. The fourth-order valence-electron chi connectivity index (χ4n) is 2.71. The van der Waals surface area contributed by atoms with Crippen LogP contribution in [0.4, 0.5) is 5.69 Å². The Kier molecular flexibility index (Phi) is 5.30. The van der Waals surface area contributed by atoms with Crippen molar-refractivity contribution >= 4 is 5.69 Å². The molecule has 25 heavy (non-hydrogen) atoms. The number of nitrogen functional groups attached to an aromatic ring is 1. The number of nitrogens with two attached hydrogens (primary N) is 1. The van der Waals surface area contributed by atoms with E-state index in [9.17, 15) is 0 Å². The van der Waals surface area contributed by atoms with Crippen LogP contribution in [-0.4, -0.2) is 28.5 Å². The van der Waals surface area contributed by atoms with Crippen molar-refractivity contribution in [2.24, 2.45) is 7.05 Å². The summed E-state index contributed by atoms with van der Waals surface area (Å²) in [5.74, 6) is 0.672. The Bertz CT molecular complexity index is 831. The lowest BCUT2D eigenvalue weighted by atomic mass is 10.0. The van der Waals surface area contributed by atoms with E-state index in [1.165, 1.54) is 0 Å². The summed E-state index contributed by atoms with van der Waals surface area (Å²) in [7, 11) is 3.51. The van der Waals surface area contributed by atoms with Crippen molar-refractivity contribution in [1.29, 1.82) is 0 Å². The number of pyridine rings is 1. The van der Waals surface area contributed by atoms with Gasteiger partial charge in [0.2, 0.25) is 0 Å². The van der Waals surface area contributed by atoms with Crippen LogP contribution in [0.3, 0.4) is 0 Å². The van der Waals surface area contributed by atoms with Gasteiger partial charge in [0, 0.05) is 30.6 Å². The van der Waals surface area contributed by atoms with Crippen LogP contribution in [0.15, 0.2) is 48.9 Å². The highest BCUT2D eigenvalue weighted by Gasteiger charge is 2.13. The Labute approximate surface area is 147 Å². The molecule has 0 atom stereocenters. The molecule has 0 fully saturated rings. The third kappa shape index (κ3) is 4.16. The van der Waals surface area contributed by atoms with Crippen molar-refractivity contribution in [1.82, 2.24) is 14.8 Å². The summed E-state index contributed by atoms with van der Waals surface area (Å²) < 4.78 is 13.0. The number of anilines is 1. The summed E-state index contributed by atoms with van der Waals surface area (Å²) in [5.41, 5.74) is 10.7. The molecule has 0 bridgehead atoms. The number of aromatic nitrogens is 3. The number of ether oxygens (including phenoxy) is 2. The number of benzene rings is 1. The molecule has 0 saturated carbocycles. The van der Waals surface area contributed by atoms with Gasteiger partial charge in [-0.3, -0.25) is 9.67 Å². The number of methoxy groups -OCH3 is 1. The van der Waals surface area contributed by atoms with E-state index >= 15 is 0 Å². The molecule has 0 aliphatic heterocycles. The molecule has 6 heteroatoms. The van der Waals surface area contributed by atoms with E-state index in [2.05, 4.69) is 16.1 Å². The fraction of sp³-hybridized carbons (Fsp3) is 0.263. The molecule has 130 valence electrons. The maximum atomic E-state index is 6.17. The molecule has 0 radical (unpaired) electrons. The van der Waals surface area contributed by atoms with Gasteiger partial charge in [0.25, 0.3) is 0 Å². The zero-order valence-corrected chi connectivity index (χ0v) is 14.5. The van der Waals surface area contributed by atoms with Crippen LogP contribution in [0.5, 0.6) is 5.75 Å². The molecule has 3 aromatic rings. The van der Waals surface area contributed by atoms with E-state index in [0.717, 1.165) is 28.8 Å². The average molecular weight is 338 g/mol. The molecule has 0 saturated heterocycles. The largest absolute Gasteiger partial charge is 0.494 e. The van der Waals surface area contributed by atoms with Crippen molar-refractivity contribution in [2.75, 3.05) is 19.5 Å². The normalized spacial score (nSPS) is 10.8. The van der Waals surface area contributed by atoms with E-state index in [0.29, 0.717) is 24.7 Å². The zero-order chi connectivity index (χ0) is 17.6. The van der Waals surface area contributed by atoms with Gasteiger partial charge in [-0.1, -0.05) is 6.07 Å². The lowest BCUT2D eigenvalue weighted by molar-refractivity contribution is 0.121. The van der Waals surface area contributed by atoms with E-state index in [1.807, 2.05) is 37.5 Å². The SMILES string of the molecule is COc1c(N)cc(CCOCc2ccccn2)cc1-c1cnn(C)c1. The number of hydrogen-bond donors (Lipinski definition) is 1. The minimum atomic E-state index is 0.502. The van der Waals surface area contributed by atoms with Gasteiger partial charge in [-0.05, 0) is 36.2 Å².